The third-order valence-corrected chi connectivity index (χ3v) is 5.18. The minimum absolute atomic E-state index is 0.0388. The molecule has 0 N–H and O–H groups in total. The Labute approximate surface area is 138 Å². The second kappa shape index (κ2) is 6.29. The number of thiophene rings is 1. The zero-order valence-electron chi connectivity index (χ0n) is 13.5. The molecule has 2 amide bonds. The largest absolute Gasteiger partial charge is 0.378 e. The Morgan fingerprint density at radius 2 is 2.09 bits per heavy atom. The second-order valence-electron chi connectivity index (χ2n) is 5.69. The number of hydrogen-bond acceptors (Lipinski definition) is 5. The molecule has 1 aliphatic heterocycles. The highest BCUT2D eigenvalue weighted by Crippen LogP contribution is 2.28. The quantitative estimate of drug-likeness (QED) is 0.834. The number of likely N-dealkylation sites (N-methyl/N-ethyl adjacent to an activating group) is 1. The second-order valence-corrected chi connectivity index (χ2v) is 6.72. The summed E-state index contributed by atoms with van der Waals surface area (Å²) in [6.45, 7) is 4.32. The Hall–Kier alpha value is -1.93. The molecule has 0 spiro atoms. The molecule has 1 aliphatic rings. The van der Waals surface area contributed by atoms with Crippen LogP contribution in [0.5, 0.6) is 0 Å². The Morgan fingerprint density at radius 3 is 2.74 bits per heavy atom. The van der Waals surface area contributed by atoms with Crippen LogP contribution in [0.2, 0.25) is 0 Å². The van der Waals surface area contributed by atoms with E-state index in [1.807, 2.05) is 20.0 Å². The molecule has 3 rings (SSSR count). The molecule has 7 nitrogen and oxygen atoms in total. The van der Waals surface area contributed by atoms with Crippen LogP contribution in [-0.4, -0.2) is 71.3 Å². The van der Waals surface area contributed by atoms with Crippen molar-refractivity contribution >= 4 is 33.4 Å². The van der Waals surface area contributed by atoms with Gasteiger partial charge in [0.25, 0.3) is 5.91 Å². The summed E-state index contributed by atoms with van der Waals surface area (Å²) < 4.78 is 7.02. The van der Waals surface area contributed by atoms with E-state index in [4.69, 9.17) is 4.74 Å². The van der Waals surface area contributed by atoms with Crippen molar-refractivity contribution in [1.29, 1.82) is 0 Å². The molecule has 3 heterocycles. The lowest BCUT2D eigenvalue weighted by atomic mass is 10.3. The number of carbonyl (C=O) groups excluding carboxylic acids is 2. The fraction of sp³-hybridized carbons (Fsp3) is 0.533. The number of aryl methyl sites for hydroxylation is 2. The van der Waals surface area contributed by atoms with Gasteiger partial charge in [0, 0.05) is 32.6 Å². The molecule has 1 fully saturated rings. The van der Waals surface area contributed by atoms with E-state index >= 15 is 0 Å². The van der Waals surface area contributed by atoms with Crippen LogP contribution < -0.4 is 0 Å². The predicted molar refractivity (Wildman–Crippen MR) is 87.7 cm³/mol. The van der Waals surface area contributed by atoms with Crippen LogP contribution in [0.4, 0.5) is 0 Å². The molecule has 124 valence electrons. The summed E-state index contributed by atoms with van der Waals surface area (Å²) in [5.74, 6) is -0.171. The molecule has 23 heavy (non-hydrogen) atoms. The first-order valence-electron chi connectivity index (χ1n) is 7.51. The van der Waals surface area contributed by atoms with Gasteiger partial charge in [-0.25, -0.2) is 0 Å². The van der Waals surface area contributed by atoms with Crippen molar-refractivity contribution in [2.24, 2.45) is 7.05 Å². The summed E-state index contributed by atoms with van der Waals surface area (Å²) in [7, 11) is 3.53. The van der Waals surface area contributed by atoms with Crippen LogP contribution in [0.1, 0.15) is 15.4 Å². The molecular formula is C15H20N4O3S. The summed E-state index contributed by atoms with van der Waals surface area (Å²) in [6, 6.07) is 1.86. The van der Waals surface area contributed by atoms with Gasteiger partial charge in [-0.1, -0.05) is 0 Å². The molecule has 0 aliphatic carbocycles. The molecule has 0 bridgehead atoms. The van der Waals surface area contributed by atoms with Crippen LogP contribution in [0.25, 0.3) is 10.2 Å². The topological polar surface area (TPSA) is 67.7 Å². The van der Waals surface area contributed by atoms with Gasteiger partial charge in [-0.3, -0.25) is 14.3 Å². The lowest BCUT2D eigenvalue weighted by Gasteiger charge is -2.28. The summed E-state index contributed by atoms with van der Waals surface area (Å²) in [4.78, 5) is 29.6. The molecule has 8 heteroatoms. The maximum absolute atomic E-state index is 12.6. The van der Waals surface area contributed by atoms with Crippen molar-refractivity contribution in [3.63, 3.8) is 0 Å². The number of ether oxygens (including phenoxy) is 1. The summed E-state index contributed by atoms with van der Waals surface area (Å²) >= 11 is 1.41. The first-order valence-corrected chi connectivity index (χ1v) is 8.33. The molecule has 0 saturated carbocycles. The minimum Gasteiger partial charge on any atom is -0.378 e. The van der Waals surface area contributed by atoms with Crippen LogP contribution in [0.3, 0.4) is 0 Å². The standard InChI is InChI=1S/C15H20N4O3S/c1-10-11-8-12(23-15(11)18(3)16-10)14(21)17(2)9-13(20)19-4-6-22-7-5-19/h8H,4-7,9H2,1-3H3. The SMILES string of the molecule is Cc1nn(C)c2sc(C(=O)N(C)CC(=O)N3CCOCC3)cc12. The van der Waals surface area contributed by atoms with Crippen LogP contribution in [0, 0.1) is 6.92 Å². The normalized spacial score (nSPS) is 15.2. The lowest BCUT2D eigenvalue weighted by molar-refractivity contribution is -0.135. The highest BCUT2D eigenvalue weighted by Gasteiger charge is 2.23. The fourth-order valence-electron chi connectivity index (χ4n) is 2.69. The van der Waals surface area contributed by atoms with E-state index in [1.54, 1.807) is 16.6 Å². The van der Waals surface area contributed by atoms with E-state index in [-0.39, 0.29) is 18.4 Å². The molecule has 1 saturated heterocycles. The van der Waals surface area contributed by atoms with E-state index in [1.165, 1.54) is 16.2 Å². The van der Waals surface area contributed by atoms with Gasteiger partial charge in [0.1, 0.15) is 4.83 Å². The van der Waals surface area contributed by atoms with Crippen molar-refractivity contribution in [2.45, 2.75) is 6.92 Å². The minimum atomic E-state index is -0.132. The summed E-state index contributed by atoms with van der Waals surface area (Å²) in [5, 5.41) is 5.33. The predicted octanol–water partition coefficient (Wildman–Crippen LogP) is 0.874. The zero-order chi connectivity index (χ0) is 16.6. The van der Waals surface area contributed by atoms with Crippen LogP contribution in [0.15, 0.2) is 6.07 Å². The summed E-state index contributed by atoms with van der Waals surface area (Å²) in [6.07, 6.45) is 0. The Bertz CT molecular complexity index is 711. The third-order valence-electron chi connectivity index (χ3n) is 3.99. The van der Waals surface area contributed by atoms with Gasteiger partial charge < -0.3 is 14.5 Å². The number of rotatable bonds is 3. The number of amides is 2. The first-order chi connectivity index (χ1) is 11.0. The molecule has 0 radical (unpaired) electrons. The van der Waals surface area contributed by atoms with Gasteiger partial charge in [-0.05, 0) is 13.0 Å². The van der Waals surface area contributed by atoms with E-state index < -0.39 is 0 Å². The van der Waals surface area contributed by atoms with E-state index in [9.17, 15) is 9.59 Å². The van der Waals surface area contributed by atoms with Crippen LogP contribution in [-0.2, 0) is 16.6 Å². The van der Waals surface area contributed by atoms with Crippen molar-refractivity contribution in [3.05, 3.63) is 16.6 Å². The molecule has 0 unspecified atom stereocenters. The van der Waals surface area contributed by atoms with E-state index in [0.29, 0.717) is 31.2 Å². The molecular weight excluding hydrogens is 316 g/mol. The van der Waals surface area contributed by atoms with Crippen molar-refractivity contribution in [2.75, 3.05) is 39.9 Å². The zero-order valence-corrected chi connectivity index (χ0v) is 14.4. The highest BCUT2D eigenvalue weighted by molar-refractivity contribution is 7.20. The van der Waals surface area contributed by atoms with Gasteiger partial charge in [0.05, 0.1) is 30.3 Å². The molecule has 0 atom stereocenters. The number of nitrogens with zero attached hydrogens (tertiary/aromatic N) is 4. The number of aromatic nitrogens is 2. The Kier molecular flexibility index (Phi) is 4.36. The van der Waals surface area contributed by atoms with Crippen molar-refractivity contribution < 1.29 is 14.3 Å². The van der Waals surface area contributed by atoms with Crippen molar-refractivity contribution in [1.82, 2.24) is 19.6 Å². The number of carbonyl (C=O) groups is 2. The van der Waals surface area contributed by atoms with E-state index in [0.717, 1.165) is 15.9 Å². The lowest BCUT2D eigenvalue weighted by Crippen LogP contribution is -2.46. The maximum atomic E-state index is 12.6. The molecule has 0 aromatic carbocycles. The average molecular weight is 336 g/mol. The average Bonchev–Trinajstić information content (AvgIpc) is 3.09. The number of morpholine rings is 1. The molecule has 2 aromatic heterocycles. The van der Waals surface area contributed by atoms with Gasteiger partial charge in [0.15, 0.2) is 0 Å². The first kappa shape index (κ1) is 15.9. The molecule has 2 aromatic rings. The maximum Gasteiger partial charge on any atom is 0.264 e. The fourth-order valence-corrected chi connectivity index (χ4v) is 3.80. The highest BCUT2D eigenvalue weighted by atomic mass is 32.1. The number of fused-ring (bicyclic) bond motifs is 1. The van der Waals surface area contributed by atoms with Crippen molar-refractivity contribution in [3.8, 4) is 0 Å². The van der Waals surface area contributed by atoms with Gasteiger partial charge >= 0.3 is 0 Å². The van der Waals surface area contributed by atoms with Crippen LogP contribution >= 0.6 is 11.3 Å². The Balaban J connectivity index is 1.70. The summed E-state index contributed by atoms with van der Waals surface area (Å²) in [5.41, 5.74) is 0.907. The van der Waals surface area contributed by atoms with Gasteiger partial charge in [0.2, 0.25) is 5.91 Å². The Morgan fingerprint density at radius 1 is 1.39 bits per heavy atom. The van der Waals surface area contributed by atoms with Gasteiger partial charge in [-0.15, -0.1) is 11.3 Å². The monoisotopic (exact) mass is 336 g/mol. The van der Waals surface area contributed by atoms with Gasteiger partial charge in [-0.2, -0.15) is 5.10 Å². The number of hydrogen-bond donors (Lipinski definition) is 0. The third kappa shape index (κ3) is 3.09. The van der Waals surface area contributed by atoms with E-state index in [2.05, 4.69) is 5.10 Å². The smallest absolute Gasteiger partial charge is 0.264 e.